The van der Waals surface area contributed by atoms with Crippen molar-refractivity contribution in [2.24, 2.45) is 5.92 Å². The minimum atomic E-state index is -0.865. The van der Waals surface area contributed by atoms with Gasteiger partial charge in [-0.3, -0.25) is 9.59 Å². The molecule has 0 spiro atoms. The van der Waals surface area contributed by atoms with Crippen molar-refractivity contribution in [3.8, 4) is 0 Å². The third-order valence-electron chi connectivity index (χ3n) is 3.83. The fourth-order valence-corrected chi connectivity index (χ4v) is 3.51. The maximum absolute atomic E-state index is 12.3. The van der Waals surface area contributed by atoms with Crippen LogP contribution in [-0.2, 0) is 19.1 Å². The molecule has 1 aliphatic rings. The smallest absolute Gasteiger partial charge is 0.330 e. The lowest BCUT2D eigenvalue weighted by Gasteiger charge is -2.37. The standard InChI is InChI=1S/C17H23N3O4S/c1-3-24-17(23)14(8-18-11-21)19-16(22)13-9-20(10-13)25-15-7-5-4-6-12(15)2/h4-7,11,13-14H,3,8-10H2,1-2H3,(H,18,21)(H,19,22). The molecule has 1 aliphatic heterocycles. The maximum Gasteiger partial charge on any atom is 0.330 e. The van der Waals surface area contributed by atoms with Crippen molar-refractivity contribution in [3.05, 3.63) is 29.8 Å². The van der Waals surface area contributed by atoms with Crippen molar-refractivity contribution in [2.75, 3.05) is 26.2 Å². The van der Waals surface area contributed by atoms with Crippen LogP contribution in [-0.4, -0.2) is 54.9 Å². The molecule has 1 fully saturated rings. The Labute approximate surface area is 151 Å². The van der Waals surface area contributed by atoms with E-state index >= 15 is 0 Å². The van der Waals surface area contributed by atoms with Crippen LogP contribution in [0.15, 0.2) is 29.2 Å². The first-order valence-electron chi connectivity index (χ1n) is 8.17. The van der Waals surface area contributed by atoms with Crippen molar-refractivity contribution >= 4 is 30.2 Å². The van der Waals surface area contributed by atoms with Crippen LogP contribution in [0.2, 0.25) is 0 Å². The number of nitrogens with zero attached hydrogens (tertiary/aromatic N) is 1. The van der Waals surface area contributed by atoms with E-state index in [0.29, 0.717) is 19.5 Å². The van der Waals surface area contributed by atoms with Crippen molar-refractivity contribution in [3.63, 3.8) is 0 Å². The van der Waals surface area contributed by atoms with Gasteiger partial charge in [-0.25, -0.2) is 9.10 Å². The van der Waals surface area contributed by atoms with Crippen LogP contribution in [0.25, 0.3) is 0 Å². The Kier molecular flexibility index (Phi) is 7.27. The fraction of sp³-hybridized carbons (Fsp3) is 0.471. The molecular weight excluding hydrogens is 342 g/mol. The Morgan fingerprint density at radius 1 is 1.40 bits per heavy atom. The van der Waals surface area contributed by atoms with Gasteiger partial charge in [0, 0.05) is 24.5 Å². The Balaban J connectivity index is 1.82. The summed E-state index contributed by atoms with van der Waals surface area (Å²) in [5, 5.41) is 5.07. The summed E-state index contributed by atoms with van der Waals surface area (Å²) in [6.07, 6.45) is 0.488. The number of hydrogen-bond acceptors (Lipinski definition) is 6. The molecule has 1 aromatic rings. The number of benzene rings is 1. The molecule has 0 bridgehead atoms. The van der Waals surface area contributed by atoms with E-state index < -0.39 is 12.0 Å². The minimum absolute atomic E-state index is 0.0163. The Morgan fingerprint density at radius 2 is 2.12 bits per heavy atom. The highest BCUT2D eigenvalue weighted by Crippen LogP contribution is 2.32. The molecule has 0 radical (unpaired) electrons. The van der Waals surface area contributed by atoms with Crippen LogP contribution in [0.1, 0.15) is 12.5 Å². The number of carbonyl (C=O) groups excluding carboxylic acids is 3. The maximum atomic E-state index is 12.3. The predicted molar refractivity (Wildman–Crippen MR) is 94.7 cm³/mol. The monoisotopic (exact) mass is 365 g/mol. The lowest BCUT2D eigenvalue weighted by atomic mass is 10.0. The molecule has 1 unspecified atom stereocenters. The average molecular weight is 365 g/mol. The van der Waals surface area contributed by atoms with Crippen LogP contribution in [0.5, 0.6) is 0 Å². The van der Waals surface area contributed by atoms with Gasteiger partial charge < -0.3 is 15.4 Å². The number of carbonyl (C=O) groups is 3. The highest BCUT2D eigenvalue weighted by atomic mass is 32.2. The molecule has 2 rings (SSSR count). The van der Waals surface area contributed by atoms with Crippen LogP contribution in [0.4, 0.5) is 0 Å². The summed E-state index contributed by atoms with van der Waals surface area (Å²) < 4.78 is 7.03. The van der Waals surface area contributed by atoms with Gasteiger partial charge in [-0.05, 0) is 37.4 Å². The van der Waals surface area contributed by atoms with Crippen LogP contribution < -0.4 is 10.6 Å². The normalized spacial score (nSPS) is 15.8. The van der Waals surface area contributed by atoms with Gasteiger partial charge in [0.2, 0.25) is 12.3 Å². The summed E-state index contributed by atoms with van der Waals surface area (Å²) in [5.74, 6) is -0.923. The van der Waals surface area contributed by atoms with Gasteiger partial charge in [0.05, 0.1) is 12.5 Å². The minimum Gasteiger partial charge on any atom is -0.464 e. The molecule has 25 heavy (non-hydrogen) atoms. The SMILES string of the molecule is CCOC(=O)C(CNC=O)NC(=O)C1CN(Sc2ccccc2C)C1. The zero-order valence-corrected chi connectivity index (χ0v) is 15.2. The quantitative estimate of drug-likeness (QED) is 0.381. The molecular formula is C17H23N3O4S. The van der Waals surface area contributed by atoms with Gasteiger partial charge in [-0.2, -0.15) is 0 Å². The fourth-order valence-electron chi connectivity index (χ4n) is 2.37. The number of rotatable bonds is 9. The summed E-state index contributed by atoms with van der Waals surface area (Å²) >= 11 is 1.63. The highest BCUT2D eigenvalue weighted by Gasteiger charge is 2.35. The van der Waals surface area contributed by atoms with E-state index in [0.717, 1.165) is 0 Å². The first-order valence-corrected chi connectivity index (χ1v) is 8.95. The molecule has 1 saturated heterocycles. The Bertz CT molecular complexity index is 620. The number of hydrogen-bond donors (Lipinski definition) is 2. The average Bonchev–Trinajstić information content (AvgIpc) is 2.55. The number of aryl methyl sites for hydroxylation is 1. The van der Waals surface area contributed by atoms with Crippen molar-refractivity contribution < 1.29 is 19.1 Å². The van der Waals surface area contributed by atoms with Gasteiger partial charge in [0.25, 0.3) is 0 Å². The van der Waals surface area contributed by atoms with E-state index in [9.17, 15) is 14.4 Å². The molecule has 2 amide bonds. The molecule has 1 heterocycles. The molecule has 2 N–H and O–H groups in total. The summed E-state index contributed by atoms with van der Waals surface area (Å²) in [5.41, 5.74) is 1.20. The van der Waals surface area contributed by atoms with E-state index in [1.165, 1.54) is 10.5 Å². The lowest BCUT2D eigenvalue weighted by molar-refractivity contribution is -0.148. The summed E-state index contributed by atoms with van der Waals surface area (Å²) in [6, 6.07) is 7.22. The topological polar surface area (TPSA) is 87.7 Å². The van der Waals surface area contributed by atoms with Gasteiger partial charge in [0.1, 0.15) is 6.04 Å². The molecule has 7 nitrogen and oxygen atoms in total. The molecule has 1 aromatic carbocycles. The first-order chi connectivity index (χ1) is 12.0. The van der Waals surface area contributed by atoms with Gasteiger partial charge in [-0.15, -0.1) is 0 Å². The zero-order valence-electron chi connectivity index (χ0n) is 14.4. The van der Waals surface area contributed by atoms with Crippen molar-refractivity contribution in [1.82, 2.24) is 14.9 Å². The van der Waals surface area contributed by atoms with Crippen LogP contribution in [0, 0.1) is 12.8 Å². The van der Waals surface area contributed by atoms with Gasteiger partial charge in [-0.1, -0.05) is 18.2 Å². The molecule has 1 atom stereocenters. The molecule has 136 valence electrons. The van der Waals surface area contributed by atoms with E-state index in [4.69, 9.17) is 4.74 Å². The third-order valence-corrected chi connectivity index (χ3v) is 5.04. The summed E-state index contributed by atoms with van der Waals surface area (Å²) in [4.78, 5) is 35.8. The first kappa shape index (κ1) is 19.3. The predicted octanol–water partition coefficient (Wildman–Crippen LogP) is 0.728. The highest BCUT2D eigenvalue weighted by molar-refractivity contribution is 7.97. The third kappa shape index (κ3) is 5.47. The second kappa shape index (κ2) is 9.43. The lowest BCUT2D eigenvalue weighted by Crippen LogP contribution is -2.56. The van der Waals surface area contributed by atoms with Gasteiger partial charge >= 0.3 is 5.97 Å². The molecule has 0 aromatic heterocycles. The van der Waals surface area contributed by atoms with Crippen LogP contribution >= 0.6 is 11.9 Å². The van der Waals surface area contributed by atoms with E-state index in [1.54, 1.807) is 18.9 Å². The van der Waals surface area contributed by atoms with E-state index in [1.807, 2.05) is 12.1 Å². The van der Waals surface area contributed by atoms with Gasteiger partial charge in [0.15, 0.2) is 0 Å². The summed E-state index contributed by atoms with van der Waals surface area (Å²) in [7, 11) is 0. The molecule has 8 heteroatoms. The number of amides is 2. The van der Waals surface area contributed by atoms with E-state index in [2.05, 4.69) is 34.0 Å². The Morgan fingerprint density at radius 3 is 2.76 bits per heavy atom. The second-order valence-electron chi connectivity index (χ2n) is 5.74. The number of esters is 1. The number of nitrogens with one attached hydrogen (secondary N) is 2. The van der Waals surface area contributed by atoms with Crippen LogP contribution in [0.3, 0.4) is 0 Å². The second-order valence-corrected chi connectivity index (χ2v) is 6.88. The largest absolute Gasteiger partial charge is 0.464 e. The zero-order chi connectivity index (χ0) is 18.2. The molecule has 0 saturated carbocycles. The van der Waals surface area contributed by atoms with Crippen molar-refractivity contribution in [2.45, 2.75) is 24.8 Å². The molecule has 0 aliphatic carbocycles. The van der Waals surface area contributed by atoms with Crippen molar-refractivity contribution in [1.29, 1.82) is 0 Å². The van der Waals surface area contributed by atoms with E-state index in [-0.39, 0.29) is 25.0 Å². The summed E-state index contributed by atoms with van der Waals surface area (Å²) in [6.45, 7) is 5.20. The number of ether oxygens (including phenoxy) is 1. The Hall–Kier alpha value is -2.06.